The van der Waals surface area contributed by atoms with E-state index in [1.165, 1.54) is 23.1 Å². The lowest BCUT2D eigenvalue weighted by Crippen LogP contribution is -2.26. The molecule has 0 unspecified atom stereocenters. The predicted octanol–water partition coefficient (Wildman–Crippen LogP) is 5.00. The summed E-state index contributed by atoms with van der Waals surface area (Å²) in [5.41, 5.74) is 2.29. The molecule has 1 aromatic heterocycles. The summed E-state index contributed by atoms with van der Waals surface area (Å²) in [7, 11) is 1.74. The van der Waals surface area contributed by atoms with Gasteiger partial charge in [-0.2, -0.15) is 0 Å². The van der Waals surface area contributed by atoms with Crippen LogP contribution in [0.15, 0.2) is 64.3 Å². The van der Waals surface area contributed by atoms with Crippen molar-refractivity contribution in [2.75, 3.05) is 18.6 Å². The van der Waals surface area contributed by atoms with Crippen molar-refractivity contribution in [3.63, 3.8) is 0 Å². The molecule has 0 saturated heterocycles. The summed E-state index contributed by atoms with van der Waals surface area (Å²) in [6.07, 6.45) is 0.624. The van der Waals surface area contributed by atoms with Crippen LogP contribution in [0.5, 0.6) is 5.75 Å². The minimum absolute atomic E-state index is 0.0717. The molecule has 0 atom stereocenters. The van der Waals surface area contributed by atoms with Crippen molar-refractivity contribution in [3.05, 3.63) is 71.2 Å². The molecular weight excluding hydrogens is 432 g/mol. The number of carbonyl (C=O) groups excluding carboxylic acids is 1. The highest BCUT2D eigenvalue weighted by molar-refractivity contribution is 8.02. The lowest BCUT2D eigenvalue weighted by molar-refractivity contribution is -0.138. The third kappa shape index (κ3) is 6.08. The van der Waals surface area contributed by atoms with Crippen LogP contribution in [0.4, 0.5) is 5.69 Å². The Labute approximate surface area is 189 Å². The van der Waals surface area contributed by atoms with E-state index < -0.39 is 10.7 Å². The van der Waals surface area contributed by atoms with E-state index in [1.54, 1.807) is 37.9 Å². The van der Waals surface area contributed by atoms with E-state index in [-0.39, 0.29) is 5.91 Å². The first-order valence-corrected chi connectivity index (χ1v) is 11.4. The maximum absolute atomic E-state index is 12.5. The van der Waals surface area contributed by atoms with Gasteiger partial charge in [0.2, 0.25) is 0 Å². The molecule has 31 heavy (non-hydrogen) atoms. The van der Waals surface area contributed by atoms with Crippen molar-refractivity contribution >= 4 is 40.7 Å². The molecule has 0 saturated carbocycles. The Morgan fingerprint density at radius 3 is 2.45 bits per heavy atom. The molecule has 8 heteroatoms. The quantitative estimate of drug-likeness (QED) is 0.457. The van der Waals surface area contributed by atoms with E-state index in [4.69, 9.17) is 4.74 Å². The number of rotatable bonds is 9. The third-order valence-electron chi connectivity index (χ3n) is 4.56. The van der Waals surface area contributed by atoms with Crippen LogP contribution in [0.1, 0.15) is 29.9 Å². The lowest BCUT2D eigenvalue weighted by atomic mass is 10.2. The fourth-order valence-electron chi connectivity index (χ4n) is 2.64. The fraction of sp³-hybridized carbons (Fsp3) is 0.261. The van der Waals surface area contributed by atoms with Gasteiger partial charge in [-0.15, -0.1) is 11.3 Å². The third-order valence-corrected chi connectivity index (χ3v) is 6.74. The molecule has 1 N–H and O–H groups in total. The van der Waals surface area contributed by atoms with Crippen LogP contribution in [-0.2, 0) is 11.2 Å². The number of thiazole rings is 1. The maximum Gasteiger partial charge on any atom is 0.319 e. The normalized spacial score (nSPS) is 11.2. The van der Waals surface area contributed by atoms with Gasteiger partial charge in [-0.05, 0) is 50.2 Å². The number of anilines is 1. The molecule has 2 aromatic carbocycles. The zero-order valence-corrected chi connectivity index (χ0v) is 19.2. The second-order valence-electron chi connectivity index (χ2n) is 7.34. The summed E-state index contributed by atoms with van der Waals surface area (Å²) >= 11 is 2.69. The summed E-state index contributed by atoms with van der Waals surface area (Å²) in [4.78, 5) is 29.9. The van der Waals surface area contributed by atoms with Crippen molar-refractivity contribution in [3.8, 4) is 5.75 Å². The summed E-state index contributed by atoms with van der Waals surface area (Å²) < 4.78 is 5.62. The largest absolute Gasteiger partial charge is 0.493 e. The first-order valence-electron chi connectivity index (χ1n) is 9.69. The van der Waals surface area contributed by atoms with Gasteiger partial charge in [-0.3, -0.25) is 9.59 Å². The molecule has 6 nitrogen and oxygen atoms in total. The Morgan fingerprint density at radius 1 is 1.13 bits per heavy atom. The van der Waals surface area contributed by atoms with Crippen molar-refractivity contribution in [1.29, 1.82) is 0 Å². The molecule has 1 amide bonds. The molecule has 162 valence electrons. The van der Waals surface area contributed by atoms with Gasteiger partial charge < -0.3 is 14.7 Å². The molecule has 0 aliphatic rings. The van der Waals surface area contributed by atoms with Crippen LogP contribution in [0.3, 0.4) is 0 Å². The van der Waals surface area contributed by atoms with Gasteiger partial charge in [0.15, 0.2) is 4.34 Å². The number of amides is 1. The Balaban J connectivity index is 1.51. The van der Waals surface area contributed by atoms with E-state index in [0.717, 1.165) is 15.7 Å². The number of hydrogen-bond donors (Lipinski definition) is 1. The zero-order chi connectivity index (χ0) is 22.4. The van der Waals surface area contributed by atoms with Crippen molar-refractivity contribution < 1.29 is 19.4 Å². The van der Waals surface area contributed by atoms with Crippen molar-refractivity contribution in [2.24, 2.45) is 0 Å². The van der Waals surface area contributed by atoms with Crippen LogP contribution < -0.4 is 9.64 Å². The summed E-state index contributed by atoms with van der Waals surface area (Å²) in [5, 5.41) is 11.2. The fourth-order valence-corrected chi connectivity index (χ4v) is 4.87. The van der Waals surface area contributed by atoms with Crippen molar-refractivity contribution in [2.45, 2.75) is 29.4 Å². The molecule has 0 aliphatic carbocycles. The van der Waals surface area contributed by atoms with E-state index in [2.05, 4.69) is 4.98 Å². The maximum atomic E-state index is 12.5. The molecule has 0 spiro atoms. The van der Waals surface area contributed by atoms with Crippen LogP contribution in [0.2, 0.25) is 0 Å². The first kappa shape index (κ1) is 22.8. The average Bonchev–Trinajstić information content (AvgIpc) is 3.20. The zero-order valence-electron chi connectivity index (χ0n) is 17.6. The number of benzene rings is 2. The number of carboxylic acid groups (broad SMARTS) is 1. The standard InChI is InChI=1S/C23H24N2O4S2/c1-23(2,21(27)28)31-22-24-17(15-30-22)13-14-29-19-11-9-18(10-12-19)25(3)20(26)16-7-5-4-6-8-16/h4-12,15H,13-14H2,1-3H3,(H,27,28). The highest BCUT2D eigenvalue weighted by atomic mass is 32.2. The smallest absolute Gasteiger partial charge is 0.319 e. The van der Waals surface area contributed by atoms with Gasteiger partial charge >= 0.3 is 5.97 Å². The van der Waals surface area contributed by atoms with E-state index >= 15 is 0 Å². The number of nitrogens with zero attached hydrogens (tertiary/aromatic N) is 2. The SMILES string of the molecule is CN(C(=O)c1ccccc1)c1ccc(OCCc2csc(SC(C)(C)C(=O)O)n2)cc1. The first-order chi connectivity index (χ1) is 14.8. The van der Waals surface area contributed by atoms with Gasteiger partial charge in [0, 0.05) is 30.1 Å². The van der Waals surface area contributed by atoms with Crippen LogP contribution in [-0.4, -0.2) is 40.4 Å². The number of ether oxygens (including phenoxy) is 1. The Morgan fingerprint density at radius 2 is 1.81 bits per heavy atom. The van der Waals surface area contributed by atoms with Crippen LogP contribution in [0, 0.1) is 0 Å². The number of carbonyl (C=O) groups is 2. The van der Waals surface area contributed by atoms with Gasteiger partial charge in [-0.25, -0.2) is 4.98 Å². The Kier molecular flexibility index (Phi) is 7.35. The molecule has 1 heterocycles. The molecule has 3 aromatic rings. The lowest BCUT2D eigenvalue weighted by Gasteiger charge is -2.18. The second-order valence-corrected chi connectivity index (χ2v) is 10.1. The topological polar surface area (TPSA) is 79.7 Å². The summed E-state index contributed by atoms with van der Waals surface area (Å²) in [5.74, 6) is -0.226. The minimum Gasteiger partial charge on any atom is -0.493 e. The van der Waals surface area contributed by atoms with E-state index in [9.17, 15) is 14.7 Å². The number of carboxylic acids is 1. The summed E-state index contributed by atoms with van der Waals surface area (Å²) in [6.45, 7) is 3.78. The van der Waals surface area contributed by atoms with Crippen LogP contribution in [0.25, 0.3) is 0 Å². The number of thioether (sulfide) groups is 1. The van der Waals surface area contributed by atoms with E-state index in [0.29, 0.717) is 24.3 Å². The monoisotopic (exact) mass is 456 g/mol. The highest BCUT2D eigenvalue weighted by Crippen LogP contribution is 2.34. The van der Waals surface area contributed by atoms with E-state index in [1.807, 2.05) is 47.8 Å². The van der Waals surface area contributed by atoms with Crippen LogP contribution >= 0.6 is 23.1 Å². The van der Waals surface area contributed by atoms with Crippen molar-refractivity contribution in [1.82, 2.24) is 4.98 Å². The highest BCUT2D eigenvalue weighted by Gasteiger charge is 2.29. The number of aromatic nitrogens is 1. The average molecular weight is 457 g/mol. The van der Waals surface area contributed by atoms with Gasteiger partial charge in [0.1, 0.15) is 10.5 Å². The number of aliphatic carboxylic acids is 1. The molecule has 3 rings (SSSR count). The second kappa shape index (κ2) is 9.98. The Hall–Kier alpha value is -2.84. The molecule has 0 radical (unpaired) electrons. The Bertz CT molecular complexity index is 1030. The molecule has 0 bridgehead atoms. The van der Waals surface area contributed by atoms with Gasteiger partial charge in [-0.1, -0.05) is 30.0 Å². The molecule has 0 fully saturated rings. The molecular formula is C23H24N2O4S2. The minimum atomic E-state index is -0.914. The summed E-state index contributed by atoms with van der Waals surface area (Å²) in [6, 6.07) is 16.5. The number of hydrogen-bond acceptors (Lipinski definition) is 6. The molecule has 0 aliphatic heterocycles. The van der Waals surface area contributed by atoms with Gasteiger partial charge in [0.05, 0.1) is 12.3 Å². The predicted molar refractivity (Wildman–Crippen MR) is 125 cm³/mol. The van der Waals surface area contributed by atoms with Gasteiger partial charge in [0.25, 0.3) is 5.91 Å².